The van der Waals surface area contributed by atoms with Gasteiger partial charge >= 0.3 is 6.03 Å². The maximum Gasteiger partial charge on any atom is 0.319 e. The average Bonchev–Trinajstić information content (AvgIpc) is 2.81. The first kappa shape index (κ1) is 9.32. The number of nitrogens with zero attached hydrogens (tertiary/aromatic N) is 2. The van der Waals surface area contributed by atoms with E-state index in [4.69, 9.17) is 5.11 Å². The van der Waals surface area contributed by atoms with Gasteiger partial charge in [0.2, 0.25) is 0 Å². The average molecular weight is 172 g/mol. The van der Waals surface area contributed by atoms with E-state index in [0.29, 0.717) is 12.6 Å². The van der Waals surface area contributed by atoms with Gasteiger partial charge in [0.05, 0.1) is 6.61 Å². The summed E-state index contributed by atoms with van der Waals surface area (Å²) in [6.07, 6.45) is 2.17. The standard InChI is InChI=1S/C8H16N2O2/c1-9(2)8(12)10(5-6-11)7-3-4-7/h7,11H,3-6H2,1-2H3. The summed E-state index contributed by atoms with van der Waals surface area (Å²) in [5.74, 6) is 0. The molecule has 1 rings (SSSR count). The van der Waals surface area contributed by atoms with Crippen LogP contribution in [-0.2, 0) is 0 Å². The number of aliphatic hydroxyl groups excluding tert-OH is 1. The minimum atomic E-state index is 0.00606. The Bertz CT molecular complexity index is 166. The van der Waals surface area contributed by atoms with Crippen LogP contribution in [0.5, 0.6) is 0 Å². The first-order chi connectivity index (χ1) is 5.66. The van der Waals surface area contributed by atoms with Gasteiger partial charge in [-0.3, -0.25) is 0 Å². The quantitative estimate of drug-likeness (QED) is 0.657. The monoisotopic (exact) mass is 172 g/mol. The SMILES string of the molecule is CN(C)C(=O)N(CCO)C1CC1. The van der Waals surface area contributed by atoms with Crippen LogP contribution in [0.15, 0.2) is 0 Å². The summed E-state index contributed by atoms with van der Waals surface area (Å²) in [5.41, 5.74) is 0. The number of amides is 2. The first-order valence-electron chi connectivity index (χ1n) is 4.25. The van der Waals surface area contributed by atoms with Crippen LogP contribution in [0.2, 0.25) is 0 Å². The fraction of sp³-hybridized carbons (Fsp3) is 0.875. The molecule has 2 amide bonds. The van der Waals surface area contributed by atoms with Crippen molar-refractivity contribution in [1.29, 1.82) is 0 Å². The van der Waals surface area contributed by atoms with Crippen LogP contribution >= 0.6 is 0 Å². The molecule has 0 atom stereocenters. The molecule has 0 aromatic rings. The molecule has 4 heteroatoms. The normalized spacial score (nSPS) is 15.9. The molecule has 0 saturated heterocycles. The van der Waals surface area contributed by atoms with Crippen molar-refractivity contribution in [1.82, 2.24) is 9.80 Å². The third kappa shape index (κ3) is 2.11. The van der Waals surface area contributed by atoms with E-state index in [1.807, 2.05) is 0 Å². The summed E-state index contributed by atoms with van der Waals surface area (Å²) >= 11 is 0. The number of aliphatic hydroxyl groups is 1. The van der Waals surface area contributed by atoms with E-state index in [1.54, 1.807) is 23.9 Å². The fourth-order valence-electron chi connectivity index (χ4n) is 1.19. The van der Waals surface area contributed by atoms with Gasteiger partial charge in [0.25, 0.3) is 0 Å². The highest BCUT2D eigenvalue weighted by atomic mass is 16.3. The van der Waals surface area contributed by atoms with Crippen LogP contribution in [-0.4, -0.2) is 54.2 Å². The predicted molar refractivity (Wildman–Crippen MR) is 45.9 cm³/mol. The lowest BCUT2D eigenvalue weighted by molar-refractivity contribution is 0.151. The number of urea groups is 1. The second-order valence-corrected chi connectivity index (χ2v) is 3.33. The van der Waals surface area contributed by atoms with Gasteiger partial charge in [-0.15, -0.1) is 0 Å². The molecule has 0 unspecified atom stereocenters. The molecule has 1 saturated carbocycles. The molecule has 1 fully saturated rings. The lowest BCUT2D eigenvalue weighted by atomic mass is 10.5. The van der Waals surface area contributed by atoms with Crippen LogP contribution in [0.1, 0.15) is 12.8 Å². The summed E-state index contributed by atoms with van der Waals surface area (Å²) < 4.78 is 0. The van der Waals surface area contributed by atoms with E-state index in [-0.39, 0.29) is 12.6 Å². The Hall–Kier alpha value is -0.770. The van der Waals surface area contributed by atoms with Crippen LogP contribution in [0.3, 0.4) is 0 Å². The van der Waals surface area contributed by atoms with E-state index in [2.05, 4.69) is 0 Å². The predicted octanol–water partition coefficient (Wildman–Crippen LogP) is 0.125. The molecule has 1 aliphatic carbocycles. The molecule has 0 radical (unpaired) electrons. The zero-order chi connectivity index (χ0) is 9.14. The molecule has 0 aromatic carbocycles. The van der Waals surface area contributed by atoms with Crippen molar-refractivity contribution < 1.29 is 9.90 Å². The summed E-state index contributed by atoms with van der Waals surface area (Å²) in [6, 6.07) is 0.388. The van der Waals surface area contributed by atoms with Crippen molar-refractivity contribution in [3.63, 3.8) is 0 Å². The Labute approximate surface area is 72.8 Å². The van der Waals surface area contributed by atoms with Gasteiger partial charge in [0.1, 0.15) is 0 Å². The van der Waals surface area contributed by atoms with Crippen LogP contribution in [0, 0.1) is 0 Å². The third-order valence-electron chi connectivity index (χ3n) is 1.96. The molecular formula is C8H16N2O2. The van der Waals surface area contributed by atoms with Crippen LogP contribution < -0.4 is 0 Å². The van der Waals surface area contributed by atoms with E-state index >= 15 is 0 Å². The minimum Gasteiger partial charge on any atom is -0.395 e. The third-order valence-corrected chi connectivity index (χ3v) is 1.96. The second-order valence-electron chi connectivity index (χ2n) is 3.33. The Balaban J connectivity index is 2.46. The number of hydrogen-bond donors (Lipinski definition) is 1. The topological polar surface area (TPSA) is 43.8 Å². The van der Waals surface area contributed by atoms with E-state index in [0.717, 1.165) is 12.8 Å². The number of carbonyl (C=O) groups is 1. The summed E-state index contributed by atoms with van der Waals surface area (Å²) in [4.78, 5) is 14.7. The Morgan fingerprint density at radius 2 is 2.08 bits per heavy atom. The van der Waals surface area contributed by atoms with Gasteiger partial charge < -0.3 is 14.9 Å². The smallest absolute Gasteiger partial charge is 0.319 e. The summed E-state index contributed by atoms with van der Waals surface area (Å²) in [5, 5.41) is 8.73. The van der Waals surface area contributed by atoms with Gasteiger partial charge in [-0.25, -0.2) is 4.79 Å². The van der Waals surface area contributed by atoms with Crippen molar-refractivity contribution in [2.45, 2.75) is 18.9 Å². The molecule has 0 heterocycles. The van der Waals surface area contributed by atoms with Gasteiger partial charge in [0.15, 0.2) is 0 Å². The number of hydrogen-bond acceptors (Lipinski definition) is 2. The van der Waals surface area contributed by atoms with Crippen molar-refractivity contribution in [3.8, 4) is 0 Å². The Morgan fingerprint density at radius 3 is 2.42 bits per heavy atom. The largest absolute Gasteiger partial charge is 0.395 e. The number of carbonyl (C=O) groups excluding carboxylic acids is 1. The van der Waals surface area contributed by atoms with Crippen LogP contribution in [0.25, 0.3) is 0 Å². The molecule has 70 valence electrons. The number of rotatable bonds is 3. The van der Waals surface area contributed by atoms with E-state index in [9.17, 15) is 4.79 Å². The minimum absolute atomic E-state index is 0.00606. The second kappa shape index (κ2) is 3.76. The van der Waals surface area contributed by atoms with E-state index < -0.39 is 0 Å². The lowest BCUT2D eigenvalue weighted by Gasteiger charge is -2.25. The zero-order valence-corrected chi connectivity index (χ0v) is 7.66. The molecule has 1 aliphatic rings. The molecule has 0 aliphatic heterocycles. The first-order valence-corrected chi connectivity index (χ1v) is 4.25. The molecule has 12 heavy (non-hydrogen) atoms. The Morgan fingerprint density at radius 1 is 1.50 bits per heavy atom. The van der Waals surface area contributed by atoms with Crippen molar-refractivity contribution in [2.24, 2.45) is 0 Å². The summed E-state index contributed by atoms with van der Waals surface area (Å²) in [6.45, 7) is 0.512. The Kier molecular flexibility index (Phi) is 2.92. The van der Waals surface area contributed by atoms with Crippen LogP contribution in [0.4, 0.5) is 4.79 Å². The fourth-order valence-corrected chi connectivity index (χ4v) is 1.19. The lowest BCUT2D eigenvalue weighted by Crippen LogP contribution is -2.42. The molecule has 0 aromatic heterocycles. The van der Waals surface area contributed by atoms with Crippen molar-refractivity contribution in [3.05, 3.63) is 0 Å². The molecular weight excluding hydrogens is 156 g/mol. The van der Waals surface area contributed by atoms with Gasteiger partial charge in [0, 0.05) is 26.7 Å². The van der Waals surface area contributed by atoms with Crippen molar-refractivity contribution in [2.75, 3.05) is 27.2 Å². The highest BCUT2D eigenvalue weighted by molar-refractivity contribution is 5.74. The molecule has 4 nitrogen and oxygen atoms in total. The molecule has 1 N–H and O–H groups in total. The molecule has 0 spiro atoms. The van der Waals surface area contributed by atoms with Crippen molar-refractivity contribution >= 4 is 6.03 Å². The van der Waals surface area contributed by atoms with Gasteiger partial charge in [-0.1, -0.05) is 0 Å². The highest BCUT2D eigenvalue weighted by Gasteiger charge is 2.32. The van der Waals surface area contributed by atoms with E-state index in [1.165, 1.54) is 0 Å². The van der Waals surface area contributed by atoms with Gasteiger partial charge in [-0.05, 0) is 12.8 Å². The molecule has 0 bridgehead atoms. The highest BCUT2D eigenvalue weighted by Crippen LogP contribution is 2.26. The van der Waals surface area contributed by atoms with Gasteiger partial charge in [-0.2, -0.15) is 0 Å². The zero-order valence-electron chi connectivity index (χ0n) is 7.66. The maximum absolute atomic E-state index is 11.5. The summed E-state index contributed by atoms with van der Waals surface area (Å²) in [7, 11) is 3.46. The maximum atomic E-state index is 11.5.